The fourth-order valence-electron chi connectivity index (χ4n) is 1.58. The van der Waals surface area contributed by atoms with Gasteiger partial charge in [-0.1, -0.05) is 12.1 Å². The van der Waals surface area contributed by atoms with Gasteiger partial charge < -0.3 is 14.2 Å². The highest BCUT2D eigenvalue weighted by atomic mass is 16.5. The maximum atomic E-state index is 5.65. The number of methoxy groups -OCH3 is 2. The topological polar surface area (TPSA) is 27.7 Å². The number of ether oxygens (including phenoxy) is 3. The van der Waals surface area contributed by atoms with E-state index in [2.05, 4.69) is 6.07 Å². The molecule has 0 amide bonds. The van der Waals surface area contributed by atoms with Gasteiger partial charge in [-0.3, -0.25) is 0 Å². The van der Waals surface area contributed by atoms with E-state index in [9.17, 15) is 0 Å². The van der Waals surface area contributed by atoms with Crippen LogP contribution < -0.4 is 14.2 Å². The lowest BCUT2D eigenvalue weighted by molar-refractivity contribution is 0.303. The molecule has 0 heterocycles. The molecule has 1 radical (unpaired) electrons. The molecule has 0 spiro atoms. The summed E-state index contributed by atoms with van der Waals surface area (Å²) in [5, 5.41) is 0. The van der Waals surface area contributed by atoms with E-state index in [1.54, 1.807) is 20.3 Å². The van der Waals surface area contributed by atoms with Gasteiger partial charge in [-0.2, -0.15) is 0 Å². The highest BCUT2D eigenvalue weighted by Crippen LogP contribution is 2.23. The van der Waals surface area contributed by atoms with Gasteiger partial charge >= 0.3 is 0 Å². The van der Waals surface area contributed by atoms with Gasteiger partial charge in [0.1, 0.15) is 23.9 Å². The molecule has 2 aromatic rings. The Morgan fingerprint density at radius 1 is 1.00 bits per heavy atom. The summed E-state index contributed by atoms with van der Waals surface area (Å²) in [6, 6.07) is 16.1. The lowest BCUT2D eigenvalue weighted by Gasteiger charge is -2.09. The SMILES string of the molecule is COc1cc(COc2c[c]ccc2)cc(OC)c1. The summed E-state index contributed by atoms with van der Waals surface area (Å²) in [7, 11) is 3.26. The van der Waals surface area contributed by atoms with Gasteiger partial charge in [-0.15, -0.1) is 0 Å². The van der Waals surface area contributed by atoms with E-state index < -0.39 is 0 Å². The maximum Gasteiger partial charge on any atom is 0.122 e. The predicted octanol–water partition coefficient (Wildman–Crippen LogP) is 3.08. The third-order valence-corrected chi connectivity index (χ3v) is 2.50. The summed E-state index contributed by atoms with van der Waals surface area (Å²) in [5.41, 5.74) is 0.995. The molecular weight excluding hydrogens is 228 g/mol. The molecule has 3 nitrogen and oxygen atoms in total. The standard InChI is InChI=1S/C15H15O3/c1-16-14-8-12(9-15(10-14)17-2)11-18-13-6-4-3-5-7-13/h3-4,6-10H,11H2,1-2H3. The lowest BCUT2D eigenvalue weighted by Crippen LogP contribution is -1.97. The first-order valence-electron chi connectivity index (χ1n) is 5.62. The van der Waals surface area contributed by atoms with Crippen molar-refractivity contribution in [2.24, 2.45) is 0 Å². The summed E-state index contributed by atoms with van der Waals surface area (Å²) in [4.78, 5) is 0. The summed E-state index contributed by atoms with van der Waals surface area (Å²) in [6.07, 6.45) is 0. The van der Waals surface area contributed by atoms with Crippen LogP contribution in [0.15, 0.2) is 42.5 Å². The Kier molecular flexibility index (Phi) is 4.07. The Bertz CT molecular complexity index is 472. The Morgan fingerprint density at radius 3 is 2.28 bits per heavy atom. The van der Waals surface area contributed by atoms with Crippen LogP contribution in [-0.2, 0) is 6.61 Å². The minimum Gasteiger partial charge on any atom is -0.497 e. The molecule has 0 unspecified atom stereocenters. The number of benzene rings is 2. The van der Waals surface area contributed by atoms with E-state index in [0.717, 1.165) is 22.8 Å². The van der Waals surface area contributed by atoms with E-state index in [1.165, 1.54) is 0 Å². The van der Waals surface area contributed by atoms with Crippen molar-refractivity contribution < 1.29 is 14.2 Å². The molecule has 0 aromatic heterocycles. The predicted molar refractivity (Wildman–Crippen MR) is 69.2 cm³/mol. The van der Waals surface area contributed by atoms with Crippen molar-refractivity contribution >= 4 is 0 Å². The summed E-state index contributed by atoms with van der Waals surface area (Å²) >= 11 is 0. The molecule has 0 aliphatic carbocycles. The molecule has 93 valence electrons. The highest BCUT2D eigenvalue weighted by Gasteiger charge is 2.02. The molecule has 3 heteroatoms. The van der Waals surface area contributed by atoms with E-state index in [0.29, 0.717) is 6.61 Å². The van der Waals surface area contributed by atoms with E-state index in [-0.39, 0.29) is 0 Å². The molecule has 2 rings (SSSR count). The normalized spacial score (nSPS) is 9.89. The molecule has 0 saturated carbocycles. The van der Waals surface area contributed by atoms with E-state index in [1.807, 2.05) is 36.4 Å². The van der Waals surface area contributed by atoms with Crippen molar-refractivity contribution in [1.29, 1.82) is 0 Å². The van der Waals surface area contributed by atoms with Crippen molar-refractivity contribution in [3.8, 4) is 17.2 Å². The van der Waals surface area contributed by atoms with Crippen LogP contribution in [0.5, 0.6) is 17.2 Å². The third-order valence-electron chi connectivity index (χ3n) is 2.50. The van der Waals surface area contributed by atoms with Crippen LogP contribution in [0.25, 0.3) is 0 Å². The van der Waals surface area contributed by atoms with Crippen LogP contribution in [0.1, 0.15) is 5.56 Å². The molecule has 0 atom stereocenters. The van der Waals surface area contributed by atoms with E-state index >= 15 is 0 Å². The zero-order chi connectivity index (χ0) is 12.8. The van der Waals surface area contributed by atoms with Crippen LogP contribution in [-0.4, -0.2) is 14.2 Å². The molecule has 2 aromatic carbocycles. The Morgan fingerprint density at radius 2 is 1.72 bits per heavy atom. The Balaban J connectivity index is 2.09. The average molecular weight is 243 g/mol. The second-order valence-corrected chi connectivity index (χ2v) is 3.75. The first-order chi connectivity index (χ1) is 8.81. The van der Waals surface area contributed by atoms with E-state index in [4.69, 9.17) is 14.2 Å². The molecule has 0 aliphatic rings. The molecule has 18 heavy (non-hydrogen) atoms. The molecule has 0 aliphatic heterocycles. The van der Waals surface area contributed by atoms with Crippen molar-refractivity contribution in [3.05, 3.63) is 54.1 Å². The van der Waals surface area contributed by atoms with Crippen LogP contribution in [0, 0.1) is 6.07 Å². The molecule has 0 saturated heterocycles. The first kappa shape index (κ1) is 12.3. The number of rotatable bonds is 5. The fraction of sp³-hybridized carbons (Fsp3) is 0.200. The number of hydrogen-bond donors (Lipinski definition) is 0. The van der Waals surface area contributed by atoms with Gasteiger partial charge in [0.25, 0.3) is 0 Å². The van der Waals surface area contributed by atoms with Gasteiger partial charge in [0.2, 0.25) is 0 Å². The quantitative estimate of drug-likeness (QED) is 0.807. The van der Waals surface area contributed by atoms with Crippen LogP contribution >= 0.6 is 0 Å². The van der Waals surface area contributed by atoms with Gasteiger partial charge in [-0.05, 0) is 35.9 Å². The first-order valence-corrected chi connectivity index (χ1v) is 5.62. The van der Waals surface area contributed by atoms with Crippen LogP contribution in [0.2, 0.25) is 0 Å². The highest BCUT2D eigenvalue weighted by molar-refractivity contribution is 5.38. The minimum absolute atomic E-state index is 0.464. The second kappa shape index (κ2) is 5.96. The molecule has 0 bridgehead atoms. The lowest BCUT2D eigenvalue weighted by atomic mass is 10.2. The third kappa shape index (κ3) is 3.17. The fourth-order valence-corrected chi connectivity index (χ4v) is 1.58. The molecular formula is C15H15O3. The summed E-state index contributed by atoms with van der Waals surface area (Å²) in [6.45, 7) is 0.464. The Hall–Kier alpha value is -2.16. The zero-order valence-electron chi connectivity index (χ0n) is 10.5. The summed E-state index contributed by atoms with van der Waals surface area (Å²) < 4.78 is 16.1. The van der Waals surface area contributed by atoms with Crippen molar-refractivity contribution in [3.63, 3.8) is 0 Å². The van der Waals surface area contributed by atoms with Crippen molar-refractivity contribution in [1.82, 2.24) is 0 Å². The molecule has 0 fully saturated rings. The van der Waals surface area contributed by atoms with Crippen LogP contribution in [0.3, 0.4) is 0 Å². The summed E-state index contributed by atoms with van der Waals surface area (Å²) in [5.74, 6) is 2.31. The number of hydrogen-bond acceptors (Lipinski definition) is 3. The Labute approximate surface area is 107 Å². The van der Waals surface area contributed by atoms with Gasteiger partial charge in [0.05, 0.1) is 14.2 Å². The smallest absolute Gasteiger partial charge is 0.122 e. The van der Waals surface area contributed by atoms with Crippen molar-refractivity contribution in [2.45, 2.75) is 6.61 Å². The zero-order valence-corrected chi connectivity index (χ0v) is 10.5. The van der Waals surface area contributed by atoms with Crippen LogP contribution in [0.4, 0.5) is 0 Å². The second-order valence-electron chi connectivity index (χ2n) is 3.75. The van der Waals surface area contributed by atoms with Gasteiger partial charge in [0.15, 0.2) is 0 Å². The molecule has 0 N–H and O–H groups in total. The maximum absolute atomic E-state index is 5.65. The van der Waals surface area contributed by atoms with Crippen molar-refractivity contribution in [2.75, 3.05) is 14.2 Å². The van der Waals surface area contributed by atoms with Gasteiger partial charge in [-0.25, -0.2) is 0 Å². The van der Waals surface area contributed by atoms with Gasteiger partial charge in [0, 0.05) is 6.07 Å². The largest absolute Gasteiger partial charge is 0.497 e. The minimum atomic E-state index is 0.464. The monoisotopic (exact) mass is 243 g/mol. The average Bonchev–Trinajstić information content (AvgIpc) is 2.45.